The third-order valence-corrected chi connectivity index (χ3v) is 5.50. The number of fused-ring (bicyclic) bond motifs is 3. The van der Waals surface area contributed by atoms with Gasteiger partial charge in [0, 0.05) is 5.92 Å². The number of nitrogens with one attached hydrogen (secondary N) is 1. The maximum Gasteiger partial charge on any atom is 0.234 e. The molecule has 2 heterocycles. The standard InChI is InChI=1S/C22H23N5O2S/c1-4-29-18-12-8-6-10-16(18)23-19(28)13-30-22-21-26-25-20(14(2)3)27(21)17-11-7-5-9-15(17)24-22/h5-12,14H,4,13H2,1-3H3,(H,23,28). The molecule has 8 heteroatoms. The normalized spacial score (nSPS) is 11.3. The molecule has 1 amide bonds. The van der Waals surface area contributed by atoms with Crippen LogP contribution in [-0.4, -0.2) is 37.8 Å². The number of para-hydroxylation sites is 4. The van der Waals surface area contributed by atoms with E-state index in [1.165, 1.54) is 11.8 Å². The quantitative estimate of drug-likeness (QED) is 0.442. The van der Waals surface area contributed by atoms with Crippen LogP contribution < -0.4 is 10.1 Å². The Morgan fingerprint density at radius 2 is 1.90 bits per heavy atom. The minimum absolute atomic E-state index is 0.135. The molecule has 0 saturated carbocycles. The Morgan fingerprint density at radius 1 is 1.13 bits per heavy atom. The molecule has 0 atom stereocenters. The highest BCUT2D eigenvalue weighted by molar-refractivity contribution is 8.00. The fourth-order valence-electron chi connectivity index (χ4n) is 3.22. The summed E-state index contributed by atoms with van der Waals surface area (Å²) in [6, 6.07) is 15.3. The number of thioether (sulfide) groups is 1. The number of benzene rings is 2. The monoisotopic (exact) mass is 421 g/mol. The van der Waals surface area contributed by atoms with E-state index in [0.29, 0.717) is 28.7 Å². The fraction of sp³-hybridized carbons (Fsp3) is 0.273. The van der Waals surface area contributed by atoms with E-state index in [0.717, 1.165) is 16.9 Å². The fourth-order valence-corrected chi connectivity index (χ4v) is 3.99. The SMILES string of the molecule is CCOc1ccccc1NC(=O)CSc1nc2ccccc2n2c(C(C)C)nnc12. The van der Waals surface area contributed by atoms with Gasteiger partial charge in [0.05, 0.1) is 29.1 Å². The van der Waals surface area contributed by atoms with Crippen molar-refractivity contribution in [1.82, 2.24) is 19.6 Å². The lowest BCUT2D eigenvalue weighted by Gasteiger charge is -2.12. The van der Waals surface area contributed by atoms with Crippen molar-refractivity contribution in [3.63, 3.8) is 0 Å². The number of ether oxygens (including phenoxy) is 1. The largest absolute Gasteiger partial charge is 0.492 e. The zero-order chi connectivity index (χ0) is 21.1. The highest BCUT2D eigenvalue weighted by Crippen LogP contribution is 2.28. The zero-order valence-corrected chi connectivity index (χ0v) is 17.9. The second-order valence-corrected chi connectivity index (χ2v) is 8.01. The first-order valence-electron chi connectivity index (χ1n) is 9.86. The van der Waals surface area contributed by atoms with Crippen LogP contribution >= 0.6 is 11.8 Å². The summed E-state index contributed by atoms with van der Waals surface area (Å²) in [6.45, 7) is 6.62. The van der Waals surface area contributed by atoms with Gasteiger partial charge in [0.1, 0.15) is 16.6 Å². The van der Waals surface area contributed by atoms with Crippen LogP contribution in [0.2, 0.25) is 0 Å². The Hall–Kier alpha value is -3.13. The van der Waals surface area contributed by atoms with Gasteiger partial charge in [-0.15, -0.1) is 10.2 Å². The van der Waals surface area contributed by atoms with Gasteiger partial charge in [0.15, 0.2) is 5.65 Å². The van der Waals surface area contributed by atoms with Crippen LogP contribution in [0.4, 0.5) is 5.69 Å². The summed E-state index contributed by atoms with van der Waals surface area (Å²) in [6.07, 6.45) is 0. The smallest absolute Gasteiger partial charge is 0.234 e. The molecule has 0 unspecified atom stereocenters. The van der Waals surface area contributed by atoms with Crippen molar-refractivity contribution in [3.8, 4) is 5.75 Å². The first-order valence-corrected chi connectivity index (χ1v) is 10.8. The minimum atomic E-state index is -0.135. The van der Waals surface area contributed by atoms with Crippen LogP contribution in [0.25, 0.3) is 16.7 Å². The van der Waals surface area contributed by atoms with Crippen molar-refractivity contribution in [2.75, 3.05) is 17.7 Å². The summed E-state index contributed by atoms with van der Waals surface area (Å²) in [4.78, 5) is 17.3. The third-order valence-electron chi connectivity index (χ3n) is 4.54. The highest BCUT2D eigenvalue weighted by atomic mass is 32.2. The van der Waals surface area contributed by atoms with Gasteiger partial charge in [-0.25, -0.2) is 4.98 Å². The van der Waals surface area contributed by atoms with Crippen LogP contribution in [0.1, 0.15) is 32.5 Å². The van der Waals surface area contributed by atoms with Gasteiger partial charge < -0.3 is 10.1 Å². The molecule has 0 spiro atoms. The van der Waals surface area contributed by atoms with E-state index in [2.05, 4.69) is 29.4 Å². The maximum atomic E-state index is 12.6. The summed E-state index contributed by atoms with van der Waals surface area (Å²) < 4.78 is 7.62. The molecule has 0 aliphatic rings. The molecule has 0 saturated heterocycles. The number of aromatic nitrogens is 4. The zero-order valence-electron chi connectivity index (χ0n) is 17.1. The Balaban J connectivity index is 1.60. The molecule has 154 valence electrons. The Kier molecular flexibility index (Phi) is 5.85. The van der Waals surface area contributed by atoms with Crippen LogP contribution in [0.15, 0.2) is 53.6 Å². The van der Waals surface area contributed by atoms with E-state index in [4.69, 9.17) is 9.72 Å². The van der Waals surface area contributed by atoms with Gasteiger partial charge in [0.2, 0.25) is 5.91 Å². The second kappa shape index (κ2) is 8.71. The van der Waals surface area contributed by atoms with E-state index in [1.807, 2.05) is 59.9 Å². The maximum absolute atomic E-state index is 12.6. The van der Waals surface area contributed by atoms with E-state index >= 15 is 0 Å². The molecule has 2 aromatic heterocycles. The van der Waals surface area contributed by atoms with Crippen LogP contribution in [-0.2, 0) is 4.79 Å². The lowest BCUT2D eigenvalue weighted by atomic mass is 10.2. The molecular formula is C22H23N5O2S. The van der Waals surface area contributed by atoms with Gasteiger partial charge in [0.25, 0.3) is 0 Å². The van der Waals surface area contributed by atoms with Crippen molar-refractivity contribution in [3.05, 3.63) is 54.4 Å². The molecule has 30 heavy (non-hydrogen) atoms. The molecule has 0 radical (unpaired) electrons. The number of amides is 1. The Morgan fingerprint density at radius 3 is 2.70 bits per heavy atom. The van der Waals surface area contributed by atoms with Crippen LogP contribution in [0.5, 0.6) is 5.75 Å². The van der Waals surface area contributed by atoms with Crippen molar-refractivity contribution in [2.45, 2.75) is 31.7 Å². The summed E-state index contributed by atoms with van der Waals surface area (Å²) in [5.74, 6) is 1.81. The van der Waals surface area contributed by atoms with E-state index < -0.39 is 0 Å². The van der Waals surface area contributed by atoms with Crippen LogP contribution in [0, 0.1) is 0 Å². The number of carbonyl (C=O) groups is 1. The van der Waals surface area contributed by atoms with Gasteiger partial charge in [-0.2, -0.15) is 0 Å². The molecule has 0 aliphatic carbocycles. The number of hydrogen-bond acceptors (Lipinski definition) is 6. The molecule has 2 aromatic carbocycles. The van der Waals surface area contributed by atoms with Gasteiger partial charge in [-0.3, -0.25) is 9.20 Å². The van der Waals surface area contributed by atoms with Crippen molar-refractivity contribution in [2.24, 2.45) is 0 Å². The van der Waals surface area contributed by atoms with Gasteiger partial charge >= 0.3 is 0 Å². The number of rotatable bonds is 7. The highest BCUT2D eigenvalue weighted by Gasteiger charge is 2.18. The summed E-state index contributed by atoms with van der Waals surface area (Å²) in [5.41, 5.74) is 3.13. The third kappa shape index (κ3) is 3.95. The van der Waals surface area contributed by atoms with Gasteiger partial charge in [-0.1, -0.05) is 49.9 Å². The predicted molar refractivity (Wildman–Crippen MR) is 119 cm³/mol. The molecule has 0 aliphatic heterocycles. The van der Waals surface area contributed by atoms with Gasteiger partial charge in [-0.05, 0) is 31.2 Å². The molecule has 0 fully saturated rings. The topological polar surface area (TPSA) is 81.4 Å². The molecular weight excluding hydrogens is 398 g/mol. The van der Waals surface area contributed by atoms with Crippen LogP contribution in [0.3, 0.4) is 0 Å². The minimum Gasteiger partial charge on any atom is -0.492 e. The summed E-state index contributed by atoms with van der Waals surface area (Å²) in [7, 11) is 0. The van der Waals surface area contributed by atoms with E-state index in [9.17, 15) is 4.79 Å². The molecule has 4 rings (SSSR count). The predicted octanol–water partition coefficient (Wildman–Crippen LogP) is 4.53. The first kappa shape index (κ1) is 20.2. The lowest BCUT2D eigenvalue weighted by Crippen LogP contribution is -2.15. The van der Waals surface area contributed by atoms with Crippen molar-refractivity contribution in [1.29, 1.82) is 0 Å². The Labute approximate surface area is 178 Å². The number of nitrogens with zero attached hydrogens (tertiary/aromatic N) is 4. The number of carbonyl (C=O) groups excluding carboxylic acids is 1. The van der Waals surface area contributed by atoms with Crippen molar-refractivity contribution < 1.29 is 9.53 Å². The second-order valence-electron chi connectivity index (χ2n) is 7.04. The van der Waals surface area contributed by atoms with E-state index in [-0.39, 0.29) is 17.6 Å². The van der Waals surface area contributed by atoms with Crippen molar-refractivity contribution >= 4 is 40.0 Å². The average molecular weight is 422 g/mol. The lowest BCUT2D eigenvalue weighted by molar-refractivity contribution is -0.113. The average Bonchev–Trinajstić information content (AvgIpc) is 3.20. The summed E-state index contributed by atoms with van der Waals surface area (Å²) in [5, 5.41) is 12.3. The molecule has 1 N–H and O–H groups in total. The number of hydrogen-bond donors (Lipinski definition) is 1. The Bertz CT molecular complexity index is 1200. The molecule has 0 bridgehead atoms. The molecule has 7 nitrogen and oxygen atoms in total. The number of anilines is 1. The molecule has 4 aromatic rings. The first-order chi connectivity index (χ1) is 14.6. The van der Waals surface area contributed by atoms with E-state index in [1.54, 1.807) is 0 Å². The summed E-state index contributed by atoms with van der Waals surface area (Å²) >= 11 is 1.35.